The molecule has 0 aliphatic carbocycles. The van der Waals surface area contributed by atoms with E-state index in [-0.39, 0.29) is 16.4 Å². The van der Waals surface area contributed by atoms with Crippen LogP contribution in [0.15, 0.2) is 30.3 Å². The zero-order chi connectivity index (χ0) is 15.2. The van der Waals surface area contributed by atoms with Crippen molar-refractivity contribution in [2.24, 2.45) is 5.41 Å². The molecule has 0 bridgehead atoms. The van der Waals surface area contributed by atoms with E-state index in [0.717, 1.165) is 17.1 Å². The first-order valence-corrected chi connectivity index (χ1v) is 10.7. The Morgan fingerprint density at radius 1 is 1.10 bits per heavy atom. The molecule has 0 amide bonds. The summed E-state index contributed by atoms with van der Waals surface area (Å²) >= 11 is 7.14. The minimum atomic E-state index is -2.99. The second-order valence-electron chi connectivity index (χ2n) is 5.60. The van der Waals surface area contributed by atoms with Crippen molar-refractivity contribution in [3.05, 3.63) is 35.9 Å². The fourth-order valence-electron chi connectivity index (χ4n) is 1.98. The van der Waals surface area contributed by atoms with Gasteiger partial charge in [0.05, 0.1) is 11.0 Å². The Bertz CT molecular complexity index is 494. The van der Waals surface area contributed by atoms with E-state index in [4.69, 9.17) is 0 Å². The number of sulfone groups is 1. The van der Waals surface area contributed by atoms with Crippen molar-refractivity contribution < 1.29 is 8.42 Å². The number of benzene rings is 1. The topological polar surface area (TPSA) is 34.1 Å². The van der Waals surface area contributed by atoms with E-state index >= 15 is 0 Å². The van der Waals surface area contributed by atoms with Crippen LogP contribution >= 0.6 is 31.9 Å². The van der Waals surface area contributed by atoms with E-state index in [1.165, 1.54) is 5.56 Å². The highest BCUT2D eigenvalue weighted by Crippen LogP contribution is 2.32. The third-order valence-electron chi connectivity index (χ3n) is 3.62. The van der Waals surface area contributed by atoms with Gasteiger partial charge in [-0.3, -0.25) is 0 Å². The highest BCUT2D eigenvalue weighted by atomic mass is 79.9. The van der Waals surface area contributed by atoms with Crippen LogP contribution in [0.1, 0.15) is 25.8 Å². The second kappa shape index (κ2) is 7.95. The average Bonchev–Trinajstić information content (AvgIpc) is 2.44. The highest BCUT2D eigenvalue weighted by Gasteiger charge is 2.31. The lowest BCUT2D eigenvalue weighted by Gasteiger charge is -2.30. The fraction of sp³-hybridized carbons (Fsp3) is 0.600. The maximum Gasteiger partial charge on any atom is 0.152 e. The lowest BCUT2D eigenvalue weighted by Crippen LogP contribution is -2.32. The van der Waals surface area contributed by atoms with Crippen LogP contribution < -0.4 is 0 Å². The first-order chi connectivity index (χ1) is 9.35. The summed E-state index contributed by atoms with van der Waals surface area (Å²) in [4.78, 5) is 0. The lowest BCUT2D eigenvalue weighted by atomic mass is 9.83. The van der Waals surface area contributed by atoms with E-state index in [2.05, 4.69) is 44.0 Å². The second-order valence-corrected chi connectivity index (χ2v) is 9.39. The van der Waals surface area contributed by atoms with Gasteiger partial charge in [0.15, 0.2) is 9.84 Å². The van der Waals surface area contributed by atoms with E-state index in [1.54, 1.807) is 13.8 Å². The van der Waals surface area contributed by atoms with Gasteiger partial charge in [-0.2, -0.15) is 0 Å². The Balaban J connectivity index is 2.82. The first-order valence-electron chi connectivity index (χ1n) is 6.73. The van der Waals surface area contributed by atoms with Crippen LogP contribution in [0.25, 0.3) is 0 Å². The largest absolute Gasteiger partial charge is 0.229 e. The van der Waals surface area contributed by atoms with Crippen LogP contribution in [0.3, 0.4) is 0 Å². The average molecular weight is 426 g/mol. The van der Waals surface area contributed by atoms with Crippen molar-refractivity contribution in [2.75, 3.05) is 16.4 Å². The predicted octanol–water partition coefficient (Wildman–Crippen LogP) is 4.22. The summed E-state index contributed by atoms with van der Waals surface area (Å²) in [5.41, 5.74) is 1.18. The van der Waals surface area contributed by atoms with E-state index in [0.29, 0.717) is 6.42 Å². The van der Waals surface area contributed by atoms with E-state index in [9.17, 15) is 8.42 Å². The minimum Gasteiger partial charge on any atom is -0.229 e. The molecular formula is C15H22Br2O2S. The van der Waals surface area contributed by atoms with Gasteiger partial charge >= 0.3 is 0 Å². The fourth-order valence-corrected chi connectivity index (χ4v) is 5.05. The smallest absolute Gasteiger partial charge is 0.152 e. The number of alkyl halides is 2. The third-order valence-corrected chi connectivity index (χ3v) is 8.21. The summed E-state index contributed by atoms with van der Waals surface area (Å²) in [6.45, 7) is 3.49. The molecule has 20 heavy (non-hydrogen) atoms. The zero-order valence-corrected chi connectivity index (χ0v) is 16.0. The van der Waals surface area contributed by atoms with Crippen LogP contribution in [0.4, 0.5) is 0 Å². The van der Waals surface area contributed by atoms with E-state index in [1.807, 2.05) is 18.2 Å². The minimum absolute atomic E-state index is 0.0662. The van der Waals surface area contributed by atoms with Gasteiger partial charge in [-0.1, -0.05) is 62.2 Å². The quantitative estimate of drug-likeness (QED) is 0.584. The number of halogens is 2. The molecule has 0 radical (unpaired) electrons. The third kappa shape index (κ3) is 5.15. The molecule has 1 rings (SSSR count). The van der Waals surface area contributed by atoms with Gasteiger partial charge in [0.25, 0.3) is 0 Å². The Hall–Kier alpha value is 0.130. The maximum absolute atomic E-state index is 12.0. The molecular weight excluding hydrogens is 404 g/mol. The van der Waals surface area contributed by atoms with Crippen LogP contribution in [0.2, 0.25) is 0 Å². The van der Waals surface area contributed by atoms with Crippen LogP contribution in [-0.4, -0.2) is 30.1 Å². The van der Waals surface area contributed by atoms with Gasteiger partial charge in [-0.05, 0) is 37.7 Å². The molecule has 0 N–H and O–H groups in total. The molecule has 2 nitrogen and oxygen atoms in total. The molecule has 0 saturated carbocycles. The van der Waals surface area contributed by atoms with Gasteiger partial charge in [0.1, 0.15) is 0 Å². The predicted molar refractivity (Wildman–Crippen MR) is 93.7 cm³/mol. The van der Waals surface area contributed by atoms with Crippen molar-refractivity contribution in [2.45, 2.75) is 31.9 Å². The summed E-state index contributed by atoms with van der Waals surface area (Å²) in [7, 11) is -2.99. The molecule has 1 aromatic carbocycles. The monoisotopic (exact) mass is 424 g/mol. The molecule has 114 valence electrons. The highest BCUT2D eigenvalue weighted by molar-refractivity contribution is 9.09. The Morgan fingerprint density at radius 2 is 1.65 bits per heavy atom. The zero-order valence-electron chi connectivity index (χ0n) is 12.0. The van der Waals surface area contributed by atoms with Crippen molar-refractivity contribution in [1.29, 1.82) is 0 Å². The van der Waals surface area contributed by atoms with Crippen molar-refractivity contribution in [3.63, 3.8) is 0 Å². The molecule has 0 aliphatic rings. The molecule has 0 aromatic heterocycles. The molecule has 0 unspecified atom stereocenters. The number of rotatable bonds is 8. The number of hydrogen-bond acceptors (Lipinski definition) is 2. The van der Waals surface area contributed by atoms with Gasteiger partial charge in [-0.25, -0.2) is 8.42 Å². The summed E-state index contributed by atoms with van der Waals surface area (Å²) in [6, 6.07) is 10.2. The Morgan fingerprint density at radius 3 is 2.10 bits per heavy atom. The lowest BCUT2D eigenvalue weighted by molar-refractivity contribution is 0.373. The van der Waals surface area contributed by atoms with E-state index < -0.39 is 9.84 Å². The van der Waals surface area contributed by atoms with Crippen LogP contribution in [0.5, 0.6) is 0 Å². The SMILES string of the molecule is CC(C)S(=O)(=O)CCC(CBr)(CBr)Cc1ccccc1. The van der Waals surface area contributed by atoms with Crippen LogP contribution in [0, 0.1) is 5.41 Å². The summed E-state index contributed by atoms with van der Waals surface area (Å²) in [5, 5.41) is 1.27. The normalized spacial score (nSPS) is 12.8. The molecule has 0 saturated heterocycles. The molecule has 1 aromatic rings. The Labute approximate surface area is 139 Å². The first kappa shape index (κ1) is 18.2. The van der Waals surface area contributed by atoms with Crippen LogP contribution in [-0.2, 0) is 16.3 Å². The molecule has 5 heteroatoms. The molecule has 0 aliphatic heterocycles. The Kier molecular flexibility index (Phi) is 7.22. The van der Waals surface area contributed by atoms with Crippen molar-refractivity contribution in [3.8, 4) is 0 Å². The van der Waals surface area contributed by atoms with Crippen molar-refractivity contribution in [1.82, 2.24) is 0 Å². The molecule has 0 heterocycles. The molecule has 0 atom stereocenters. The summed E-state index contributed by atoms with van der Waals surface area (Å²) in [6.07, 6.45) is 1.54. The van der Waals surface area contributed by atoms with Gasteiger partial charge in [0, 0.05) is 10.7 Å². The number of hydrogen-bond donors (Lipinski definition) is 0. The summed E-state index contributed by atoms with van der Waals surface area (Å²) < 4.78 is 24.1. The summed E-state index contributed by atoms with van der Waals surface area (Å²) in [5.74, 6) is 0.245. The van der Waals surface area contributed by atoms with Crippen molar-refractivity contribution >= 4 is 41.7 Å². The van der Waals surface area contributed by atoms with Gasteiger partial charge in [-0.15, -0.1) is 0 Å². The van der Waals surface area contributed by atoms with Gasteiger partial charge < -0.3 is 0 Å². The maximum atomic E-state index is 12.0. The van der Waals surface area contributed by atoms with Gasteiger partial charge in [0.2, 0.25) is 0 Å². The standard InChI is InChI=1S/C15H22Br2O2S/c1-13(2)20(18,19)9-8-15(11-16,12-17)10-14-6-4-3-5-7-14/h3-7,13H,8-12H2,1-2H3. The molecule has 0 fully saturated rings. The molecule has 0 spiro atoms.